The van der Waals surface area contributed by atoms with Crippen LogP contribution in [0.25, 0.3) is 0 Å². The van der Waals surface area contributed by atoms with Gasteiger partial charge < -0.3 is 25.5 Å². The molecule has 1 rings (SSSR count). The Labute approximate surface area is 62.2 Å². The summed E-state index contributed by atoms with van der Waals surface area (Å²) in [5.41, 5.74) is 0. The first-order valence-electron chi connectivity index (χ1n) is 2.89. The molecule has 0 aromatic carbocycles. The number of aliphatic hydroxyl groups excluding tert-OH is 3. The maximum absolute atomic E-state index is 8.84. The van der Waals surface area contributed by atoms with E-state index in [0.717, 1.165) is 6.08 Å². The van der Waals surface area contributed by atoms with E-state index in [-0.39, 0.29) is 0 Å². The van der Waals surface area contributed by atoms with Crippen LogP contribution in [0.15, 0.2) is 23.7 Å². The molecule has 5 heteroatoms. The van der Waals surface area contributed by atoms with Gasteiger partial charge in [0.1, 0.15) is 6.10 Å². The molecule has 62 valence electrons. The van der Waals surface area contributed by atoms with E-state index in [4.69, 9.17) is 25.5 Å². The zero-order valence-electron chi connectivity index (χ0n) is 5.47. The Hall–Kier alpha value is -1.04. The molecule has 1 atom stereocenters. The van der Waals surface area contributed by atoms with Crippen molar-refractivity contribution < 1.29 is 25.5 Å². The molecular weight excluding hydrogens is 152 g/mol. The van der Waals surface area contributed by atoms with E-state index in [9.17, 15) is 0 Å². The van der Waals surface area contributed by atoms with Gasteiger partial charge in [-0.15, -0.1) is 0 Å². The van der Waals surface area contributed by atoms with Gasteiger partial charge in [-0.05, 0) is 6.08 Å². The van der Waals surface area contributed by atoms with Crippen LogP contribution >= 0.6 is 0 Å². The third-order valence-electron chi connectivity index (χ3n) is 1.36. The summed E-state index contributed by atoms with van der Waals surface area (Å²) in [5, 5.41) is 44.0. The summed E-state index contributed by atoms with van der Waals surface area (Å²) in [6.07, 6.45) is -0.346. The van der Waals surface area contributed by atoms with E-state index in [0.29, 0.717) is 6.08 Å². The molecule has 0 heterocycles. The molecule has 0 aliphatic heterocycles. The van der Waals surface area contributed by atoms with E-state index < -0.39 is 23.4 Å². The van der Waals surface area contributed by atoms with Gasteiger partial charge in [-0.1, -0.05) is 0 Å². The first-order chi connectivity index (χ1) is 4.93. The maximum Gasteiger partial charge on any atom is 0.217 e. The molecule has 0 radical (unpaired) electrons. The van der Waals surface area contributed by atoms with Crippen molar-refractivity contribution in [1.82, 2.24) is 0 Å². The smallest absolute Gasteiger partial charge is 0.217 e. The average molecular weight is 160 g/mol. The molecule has 0 spiro atoms. The lowest BCUT2D eigenvalue weighted by Crippen LogP contribution is -2.41. The first-order valence-corrected chi connectivity index (χ1v) is 2.89. The van der Waals surface area contributed by atoms with Crippen LogP contribution in [-0.4, -0.2) is 37.4 Å². The van der Waals surface area contributed by atoms with Gasteiger partial charge in [0.2, 0.25) is 5.79 Å². The highest BCUT2D eigenvalue weighted by molar-refractivity contribution is 5.28. The highest BCUT2D eigenvalue weighted by atomic mass is 16.5. The number of hydrogen-bond acceptors (Lipinski definition) is 5. The number of hydrogen-bond donors (Lipinski definition) is 5. The summed E-state index contributed by atoms with van der Waals surface area (Å²) in [6, 6.07) is 0. The summed E-state index contributed by atoms with van der Waals surface area (Å²) in [5.74, 6) is -3.74. The van der Waals surface area contributed by atoms with Crippen LogP contribution in [0.3, 0.4) is 0 Å². The van der Waals surface area contributed by atoms with Crippen LogP contribution in [0.5, 0.6) is 0 Å². The van der Waals surface area contributed by atoms with Crippen molar-refractivity contribution in [2.75, 3.05) is 0 Å². The van der Waals surface area contributed by atoms with Crippen LogP contribution < -0.4 is 0 Å². The molecular formula is C6H8O5. The summed E-state index contributed by atoms with van der Waals surface area (Å²) in [7, 11) is 0. The Balaban J connectivity index is 2.98. The second kappa shape index (κ2) is 2.23. The molecule has 5 N–H and O–H groups in total. The van der Waals surface area contributed by atoms with Gasteiger partial charge in [-0.2, -0.15) is 0 Å². The lowest BCUT2D eigenvalue weighted by molar-refractivity contribution is -0.177. The maximum atomic E-state index is 8.84. The van der Waals surface area contributed by atoms with Crippen molar-refractivity contribution in [3.8, 4) is 0 Å². The third-order valence-corrected chi connectivity index (χ3v) is 1.36. The van der Waals surface area contributed by atoms with Crippen molar-refractivity contribution in [1.29, 1.82) is 0 Å². The van der Waals surface area contributed by atoms with Gasteiger partial charge in [-0.25, -0.2) is 0 Å². The molecule has 11 heavy (non-hydrogen) atoms. The molecule has 0 aromatic heterocycles. The lowest BCUT2D eigenvalue weighted by Gasteiger charge is -2.25. The van der Waals surface area contributed by atoms with Gasteiger partial charge in [0, 0.05) is 6.08 Å². The molecule has 1 aliphatic rings. The summed E-state index contributed by atoms with van der Waals surface area (Å²) >= 11 is 0. The monoisotopic (exact) mass is 160 g/mol. The fourth-order valence-electron chi connectivity index (χ4n) is 0.718. The number of aliphatic hydroxyl groups is 5. The van der Waals surface area contributed by atoms with E-state index in [1.54, 1.807) is 0 Å². The molecule has 0 aromatic rings. The number of rotatable bonds is 0. The molecule has 0 fully saturated rings. The molecule has 5 nitrogen and oxygen atoms in total. The fraction of sp³-hybridized carbons (Fsp3) is 0.333. The predicted molar refractivity (Wildman–Crippen MR) is 34.6 cm³/mol. The van der Waals surface area contributed by atoms with Crippen LogP contribution in [0.1, 0.15) is 0 Å². The Morgan fingerprint density at radius 3 is 2.18 bits per heavy atom. The highest BCUT2D eigenvalue weighted by Gasteiger charge is 2.34. The Morgan fingerprint density at radius 2 is 1.73 bits per heavy atom. The molecule has 0 saturated heterocycles. The van der Waals surface area contributed by atoms with Crippen molar-refractivity contribution >= 4 is 0 Å². The SMILES string of the molecule is OC1=CC(O)C(O)(O)C=C1O. The van der Waals surface area contributed by atoms with Crippen molar-refractivity contribution in [2.24, 2.45) is 0 Å². The van der Waals surface area contributed by atoms with Crippen molar-refractivity contribution in [3.63, 3.8) is 0 Å². The van der Waals surface area contributed by atoms with E-state index in [1.165, 1.54) is 0 Å². The van der Waals surface area contributed by atoms with Gasteiger partial charge in [-0.3, -0.25) is 0 Å². The highest BCUT2D eigenvalue weighted by Crippen LogP contribution is 2.21. The normalized spacial score (nSPS) is 29.2. The summed E-state index contributed by atoms with van der Waals surface area (Å²) in [4.78, 5) is 0. The third kappa shape index (κ3) is 1.35. The first kappa shape index (κ1) is 8.06. The predicted octanol–water partition coefficient (Wildman–Crippen LogP) is -1.07. The van der Waals surface area contributed by atoms with Crippen molar-refractivity contribution in [2.45, 2.75) is 11.9 Å². The van der Waals surface area contributed by atoms with Crippen LogP contribution in [0.2, 0.25) is 0 Å². The van der Waals surface area contributed by atoms with Crippen LogP contribution in [0, 0.1) is 0 Å². The Morgan fingerprint density at radius 1 is 1.18 bits per heavy atom. The van der Waals surface area contributed by atoms with Crippen LogP contribution in [-0.2, 0) is 0 Å². The Bertz CT molecular complexity index is 227. The van der Waals surface area contributed by atoms with E-state index >= 15 is 0 Å². The van der Waals surface area contributed by atoms with Gasteiger partial charge >= 0.3 is 0 Å². The zero-order valence-corrected chi connectivity index (χ0v) is 5.47. The summed E-state index contributed by atoms with van der Waals surface area (Å²) < 4.78 is 0. The van der Waals surface area contributed by atoms with Crippen molar-refractivity contribution in [3.05, 3.63) is 23.7 Å². The minimum atomic E-state index is -2.50. The van der Waals surface area contributed by atoms with E-state index in [2.05, 4.69) is 0 Å². The zero-order chi connectivity index (χ0) is 8.65. The standard InChI is InChI=1S/C6H8O5/c7-3-1-5(9)6(10,11)2-4(3)8/h1-2,5,7-11H. The van der Waals surface area contributed by atoms with Gasteiger partial charge in [0.05, 0.1) is 0 Å². The van der Waals surface area contributed by atoms with Gasteiger partial charge in [0.25, 0.3) is 0 Å². The lowest BCUT2D eigenvalue weighted by atomic mass is 10.0. The van der Waals surface area contributed by atoms with Gasteiger partial charge in [0.15, 0.2) is 11.5 Å². The second-order valence-electron chi connectivity index (χ2n) is 2.31. The van der Waals surface area contributed by atoms with Crippen LogP contribution in [0.4, 0.5) is 0 Å². The molecule has 0 saturated carbocycles. The molecule has 1 unspecified atom stereocenters. The molecule has 1 aliphatic carbocycles. The average Bonchev–Trinajstić information content (AvgIpc) is 1.83. The minimum absolute atomic E-state index is 0.549. The second-order valence-corrected chi connectivity index (χ2v) is 2.31. The fourth-order valence-corrected chi connectivity index (χ4v) is 0.718. The van der Waals surface area contributed by atoms with E-state index in [1.807, 2.05) is 0 Å². The molecule has 0 amide bonds. The minimum Gasteiger partial charge on any atom is -0.504 e. The molecule has 0 bridgehead atoms. The summed E-state index contributed by atoms with van der Waals surface area (Å²) in [6.45, 7) is 0. The Kier molecular flexibility index (Phi) is 1.63. The quantitative estimate of drug-likeness (QED) is 0.290. The largest absolute Gasteiger partial charge is 0.504 e. The topological polar surface area (TPSA) is 101 Å².